The van der Waals surface area contributed by atoms with Crippen LogP contribution in [0.15, 0.2) is 60.7 Å². The third-order valence-electron chi connectivity index (χ3n) is 6.69. The molecule has 0 saturated carbocycles. The fraction of sp³-hybridized carbons (Fsp3) is 0.355. The zero-order chi connectivity index (χ0) is 30.4. The number of nitrogens with one attached hydrogen (secondary N) is 1. The van der Waals surface area contributed by atoms with E-state index in [9.17, 15) is 14.7 Å². The SMILES string of the molecule is COc1ccc([C@H](C(=O)NC(C)(C)C)N(CCc2ccc(OC)c(OC)c2)C(=O)Cn2nnc3ccccc32)cc1O. The van der Waals surface area contributed by atoms with Gasteiger partial charge in [0, 0.05) is 12.1 Å². The summed E-state index contributed by atoms with van der Waals surface area (Å²) >= 11 is 0. The minimum absolute atomic E-state index is 0.141. The molecule has 0 unspecified atom stereocenters. The number of phenolic OH excluding ortho intramolecular Hbond substituents is 1. The molecule has 0 aliphatic carbocycles. The highest BCUT2D eigenvalue weighted by Gasteiger charge is 2.34. The van der Waals surface area contributed by atoms with E-state index in [4.69, 9.17) is 14.2 Å². The van der Waals surface area contributed by atoms with Gasteiger partial charge in [0.05, 0.1) is 26.8 Å². The van der Waals surface area contributed by atoms with E-state index in [0.717, 1.165) is 5.56 Å². The fourth-order valence-corrected chi connectivity index (χ4v) is 4.72. The molecule has 2 N–H and O–H groups in total. The molecule has 0 saturated heterocycles. The second-order valence-corrected chi connectivity index (χ2v) is 10.8. The van der Waals surface area contributed by atoms with Gasteiger partial charge in [0.2, 0.25) is 11.8 Å². The lowest BCUT2D eigenvalue weighted by Crippen LogP contribution is -2.50. The van der Waals surface area contributed by atoms with E-state index in [0.29, 0.717) is 34.5 Å². The van der Waals surface area contributed by atoms with Crippen molar-refractivity contribution >= 4 is 22.8 Å². The van der Waals surface area contributed by atoms with Crippen molar-refractivity contribution in [1.82, 2.24) is 25.2 Å². The number of carbonyl (C=O) groups is 2. The first kappa shape index (κ1) is 30.2. The summed E-state index contributed by atoms with van der Waals surface area (Å²) in [5.74, 6) is 0.517. The molecule has 0 aliphatic rings. The standard InChI is InChI=1S/C31H37N5O6/c1-31(2,3)32-30(39)29(21-12-14-25(40-4)24(37)18-21)35(16-15-20-11-13-26(41-5)27(17-20)42-6)28(38)19-36-23-10-8-7-9-22(23)33-34-36/h7-14,17-18,29,37H,15-16,19H2,1-6H3,(H,32,39)/t29-/m1/s1. The number of fused-ring (bicyclic) bond motifs is 1. The van der Waals surface area contributed by atoms with Crippen LogP contribution in [0.5, 0.6) is 23.0 Å². The van der Waals surface area contributed by atoms with E-state index in [2.05, 4.69) is 15.6 Å². The number of rotatable bonds is 11. The summed E-state index contributed by atoms with van der Waals surface area (Å²) in [5, 5.41) is 22.0. The molecule has 1 heterocycles. The third-order valence-corrected chi connectivity index (χ3v) is 6.69. The molecule has 0 fully saturated rings. The summed E-state index contributed by atoms with van der Waals surface area (Å²) < 4.78 is 17.6. The quantitative estimate of drug-likeness (QED) is 0.276. The van der Waals surface area contributed by atoms with E-state index in [-0.39, 0.29) is 30.5 Å². The molecule has 0 radical (unpaired) electrons. The summed E-state index contributed by atoms with van der Waals surface area (Å²) in [4.78, 5) is 29.5. The number of hydrogen-bond acceptors (Lipinski definition) is 8. The number of amides is 2. The van der Waals surface area contributed by atoms with Gasteiger partial charge < -0.3 is 29.5 Å². The molecule has 42 heavy (non-hydrogen) atoms. The lowest BCUT2D eigenvalue weighted by atomic mass is 10.00. The maximum atomic E-state index is 14.1. The number of aromatic hydroxyl groups is 1. The van der Waals surface area contributed by atoms with Crippen molar-refractivity contribution in [3.8, 4) is 23.0 Å². The maximum absolute atomic E-state index is 14.1. The minimum Gasteiger partial charge on any atom is -0.504 e. The van der Waals surface area contributed by atoms with Gasteiger partial charge in [-0.3, -0.25) is 9.59 Å². The first-order valence-electron chi connectivity index (χ1n) is 13.5. The summed E-state index contributed by atoms with van der Waals surface area (Å²) in [6.45, 7) is 5.63. The fourth-order valence-electron chi connectivity index (χ4n) is 4.72. The number of aromatic nitrogens is 3. The zero-order valence-corrected chi connectivity index (χ0v) is 24.7. The smallest absolute Gasteiger partial charge is 0.247 e. The van der Waals surface area contributed by atoms with Gasteiger partial charge in [-0.05, 0) is 74.7 Å². The van der Waals surface area contributed by atoms with Crippen LogP contribution in [0, 0.1) is 0 Å². The van der Waals surface area contributed by atoms with Crippen LogP contribution >= 0.6 is 0 Å². The van der Waals surface area contributed by atoms with Crippen molar-refractivity contribution in [3.63, 3.8) is 0 Å². The summed E-state index contributed by atoms with van der Waals surface area (Å²) in [7, 11) is 4.57. The lowest BCUT2D eigenvalue weighted by molar-refractivity contribution is -0.142. The Balaban J connectivity index is 1.76. The number of methoxy groups -OCH3 is 3. The molecule has 11 nitrogen and oxygen atoms in total. The van der Waals surface area contributed by atoms with Crippen LogP contribution in [0.1, 0.15) is 37.9 Å². The molecule has 0 aliphatic heterocycles. The molecular weight excluding hydrogens is 538 g/mol. The van der Waals surface area contributed by atoms with Gasteiger partial charge in [0.15, 0.2) is 23.0 Å². The average Bonchev–Trinajstić information content (AvgIpc) is 3.36. The van der Waals surface area contributed by atoms with Crippen molar-refractivity contribution in [2.75, 3.05) is 27.9 Å². The molecule has 3 aromatic carbocycles. The van der Waals surface area contributed by atoms with Crippen LogP contribution in [0.4, 0.5) is 0 Å². The van der Waals surface area contributed by atoms with E-state index in [1.54, 1.807) is 32.4 Å². The Labute approximate surface area is 245 Å². The van der Waals surface area contributed by atoms with Crippen LogP contribution in [-0.4, -0.2) is 70.2 Å². The van der Waals surface area contributed by atoms with Gasteiger partial charge in [0.1, 0.15) is 18.1 Å². The third kappa shape index (κ3) is 6.91. The highest BCUT2D eigenvalue weighted by molar-refractivity contribution is 5.89. The molecular formula is C31H37N5O6. The average molecular weight is 576 g/mol. The molecule has 2 amide bonds. The molecule has 4 rings (SSSR count). The van der Waals surface area contributed by atoms with Gasteiger partial charge in [-0.1, -0.05) is 29.5 Å². The Morgan fingerprint density at radius 2 is 1.64 bits per heavy atom. The highest BCUT2D eigenvalue weighted by atomic mass is 16.5. The van der Waals surface area contributed by atoms with Gasteiger partial charge in [-0.25, -0.2) is 4.68 Å². The van der Waals surface area contributed by atoms with Crippen molar-refractivity contribution < 1.29 is 28.9 Å². The lowest BCUT2D eigenvalue weighted by Gasteiger charge is -2.34. The largest absolute Gasteiger partial charge is 0.504 e. The van der Waals surface area contributed by atoms with Crippen molar-refractivity contribution in [1.29, 1.82) is 0 Å². The second-order valence-electron chi connectivity index (χ2n) is 10.8. The van der Waals surface area contributed by atoms with Crippen LogP contribution in [0.2, 0.25) is 0 Å². The number of carbonyl (C=O) groups excluding carboxylic acids is 2. The summed E-state index contributed by atoms with van der Waals surface area (Å²) in [5.41, 5.74) is 2.08. The second kappa shape index (κ2) is 12.8. The topological polar surface area (TPSA) is 128 Å². The van der Waals surface area contributed by atoms with Crippen molar-refractivity contribution in [2.24, 2.45) is 0 Å². The number of benzene rings is 3. The summed E-state index contributed by atoms with van der Waals surface area (Å²) in [6.07, 6.45) is 0.408. The van der Waals surface area contributed by atoms with Crippen LogP contribution < -0.4 is 19.5 Å². The normalized spacial score (nSPS) is 12.0. The molecule has 222 valence electrons. The number of ether oxygens (including phenoxy) is 3. The van der Waals surface area contributed by atoms with E-state index >= 15 is 0 Å². The summed E-state index contributed by atoms with van der Waals surface area (Å²) in [6, 6.07) is 16.5. The molecule has 11 heteroatoms. The predicted octanol–water partition coefficient (Wildman–Crippen LogP) is 3.89. The monoisotopic (exact) mass is 575 g/mol. The Hall–Kier alpha value is -4.80. The number of para-hydroxylation sites is 1. The molecule has 1 aromatic heterocycles. The highest BCUT2D eigenvalue weighted by Crippen LogP contribution is 2.33. The van der Waals surface area contributed by atoms with Crippen LogP contribution in [0.3, 0.4) is 0 Å². The molecule has 0 bridgehead atoms. The Bertz CT molecular complexity index is 1560. The van der Waals surface area contributed by atoms with Gasteiger partial charge in [0.25, 0.3) is 0 Å². The van der Waals surface area contributed by atoms with E-state index in [1.807, 2.05) is 57.2 Å². The maximum Gasteiger partial charge on any atom is 0.247 e. The molecule has 0 spiro atoms. The van der Waals surface area contributed by atoms with Crippen molar-refractivity contribution in [2.45, 2.75) is 45.3 Å². The van der Waals surface area contributed by atoms with Crippen molar-refractivity contribution in [3.05, 3.63) is 71.8 Å². The van der Waals surface area contributed by atoms with E-state index < -0.39 is 17.5 Å². The Morgan fingerprint density at radius 1 is 0.952 bits per heavy atom. The minimum atomic E-state index is -1.07. The van der Waals surface area contributed by atoms with Gasteiger partial charge in [-0.15, -0.1) is 5.10 Å². The molecule has 1 atom stereocenters. The van der Waals surface area contributed by atoms with Gasteiger partial charge in [-0.2, -0.15) is 0 Å². The van der Waals surface area contributed by atoms with Crippen LogP contribution in [-0.2, 0) is 22.6 Å². The first-order valence-corrected chi connectivity index (χ1v) is 13.5. The number of phenols is 1. The Morgan fingerprint density at radius 3 is 2.31 bits per heavy atom. The number of nitrogens with zero attached hydrogens (tertiary/aromatic N) is 4. The Kier molecular flexibility index (Phi) is 9.19. The molecule has 4 aromatic rings. The van der Waals surface area contributed by atoms with Crippen LogP contribution in [0.25, 0.3) is 11.0 Å². The zero-order valence-electron chi connectivity index (χ0n) is 24.7. The van der Waals surface area contributed by atoms with E-state index in [1.165, 1.54) is 22.8 Å². The number of hydrogen-bond donors (Lipinski definition) is 2. The first-order chi connectivity index (χ1) is 20.0. The predicted molar refractivity (Wildman–Crippen MR) is 158 cm³/mol. The van der Waals surface area contributed by atoms with Gasteiger partial charge >= 0.3 is 0 Å².